The van der Waals surface area contributed by atoms with E-state index in [0.717, 1.165) is 0 Å². The molecule has 0 aliphatic heterocycles. The fourth-order valence-electron chi connectivity index (χ4n) is 1.87. The zero-order valence-corrected chi connectivity index (χ0v) is 9.61. The molecule has 0 aromatic carbocycles. The van der Waals surface area contributed by atoms with Crippen LogP contribution in [0.25, 0.3) is 0 Å². The zero-order chi connectivity index (χ0) is 13.8. The Morgan fingerprint density at radius 3 is 2.44 bits per heavy atom. The molecular weight excluding hydrogens is 251 g/mol. The van der Waals surface area contributed by atoms with Gasteiger partial charge in [0.15, 0.2) is 0 Å². The number of nitrogens with zero attached hydrogens (tertiary/aromatic N) is 1. The van der Waals surface area contributed by atoms with Gasteiger partial charge >= 0.3 is 12.1 Å². The predicted molar refractivity (Wildman–Crippen MR) is 56.8 cm³/mol. The largest absolute Gasteiger partial charge is 0.480 e. The molecule has 0 heterocycles. The van der Waals surface area contributed by atoms with Gasteiger partial charge in [0.2, 0.25) is 5.91 Å². The van der Waals surface area contributed by atoms with Gasteiger partial charge in [-0.1, -0.05) is 12.2 Å². The van der Waals surface area contributed by atoms with Gasteiger partial charge in [-0.25, -0.2) is 0 Å². The first kappa shape index (κ1) is 14.5. The minimum atomic E-state index is -4.59. The molecule has 0 bridgehead atoms. The number of amides is 1. The molecule has 7 heteroatoms. The first-order valence-corrected chi connectivity index (χ1v) is 5.52. The highest BCUT2D eigenvalue weighted by Crippen LogP contribution is 2.23. The van der Waals surface area contributed by atoms with Crippen LogP contribution in [0.3, 0.4) is 0 Å². The predicted octanol–water partition coefficient (Wildman–Crippen LogP) is 1.82. The molecule has 4 nitrogen and oxygen atoms in total. The fraction of sp³-hybridized carbons (Fsp3) is 0.636. The molecule has 102 valence electrons. The first-order chi connectivity index (χ1) is 8.29. The molecule has 0 radical (unpaired) electrons. The summed E-state index contributed by atoms with van der Waals surface area (Å²) in [6.45, 7) is -2.43. The summed E-state index contributed by atoms with van der Waals surface area (Å²) in [6.07, 6.45) is 0.461. The fourth-order valence-corrected chi connectivity index (χ4v) is 1.87. The summed E-state index contributed by atoms with van der Waals surface area (Å²) in [7, 11) is 0. The summed E-state index contributed by atoms with van der Waals surface area (Å²) in [5.74, 6) is -2.73. The monoisotopic (exact) mass is 265 g/mol. The summed E-state index contributed by atoms with van der Waals surface area (Å²) >= 11 is 0. The lowest BCUT2D eigenvalue weighted by Crippen LogP contribution is -2.45. The molecule has 0 fully saturated rings. The Labute approximate surface area is 102 Å². The average molecular weight is 265 g/mol. The molecule has 1 unspecified atom stereocenters. The lowest BCUT2D eigenvalue weighted by molar-refractivity contribution is -0.168. The number of carboxylic acid groups (broad SMARTS) is 1. The van der Waals surface area contributed by atoms with E-state index in [2.05, 4.69) is 0 Å². The van der Waals surface area contributed by atoms with E-state index < -0.39 is 37.1 Å². The number of halogens is 3. The van der Waals surface area contributed by atoms with E-state index in [1.54, 1.807) is 6.08 Å². The lowest BCUT2D eigenvalue weighted by atomic mass is 9.93. The number of hydrogen-bond acceptors (Lipinski definition) is 2. The number of alkyl halides is 3. The van der Waals surface area contributed by atoms with Gasteiger partial charge in [-0.05, 0) is 19.3 Å². The normalized spacial score (nSPS) is 19.6. The highest BCUT2D eigenvalue weighted by Gasteiger charge is 2.36. The summed E-state index contributed by atoms with van der Waals surface area (Å²) < 4.78 is 36.8. The number of aliphatic carboxylic acids is 1. The third kappa shape index (κ3) is 4.77. The Morgan fingerprint density at radius 1 is 1.33 bits per heavy atom. The third-order valence-electron chi connectivity index (χ3n) is 2.63. The van der Waals surface area contributed by atoms with Crippen LogP contribution in [-0.2, 0) is 9.59 Å². The second kappa shape index (κ2) is 5.88. The summed E-state index contributed by atoms with van der Waals surface area (Å²) in [4.78, 5) is 22.7. The van der Waals surface area contributed by atoms with Crippen molar-refractivity contribution >= 4 is 11.9 Å². The third-order valence-corrected chi connectivity index (χ3v) is 2.63. The van der Waals surface area contributed by atoms with E-state index >= 15 is 0 Å². The summed E-state index contributed by atoms with van der Waals surface area (Å²) in [6, 6.07) is 0. The average Bonchev–Trinajstić information content (AvgIpc) is 2.26. The number of carbonyl (C=O) groups excluding carboxylic acids is 1. The lowest BCUT2D eigenvalue weighted by Gasteiger charge is -2.27. The highest BCUT2D eigenvalue weighted by molar-refractivity contribution is 5.83. The standard InChI is InChI=1S/C11H14F3NO3/c12-11(13,14)7-15(6-9(16)17)10(18)8-4-2-1-3-5-8/h1-2,8H,3-7H2,(H,16,17). The van der Waals surface area contributed by atoms with Crippen LogP contribution in [0.15, 0.2) is 12.2 Å². The maximum atomic E-state index is 12.3. The quantitative estimate of drug-likeness (QED) is 0.789. The first-order valence-electron chi connectivity index (χ1n) is 5.52. The van der Waals surface area contributed by atoms with Crippen molar-refractivity contribution in [2.24, 2.45) is 5.92 Å². The van der Waals surface area contributed by atoms with Gasteiger partial charge in [0, 0.05) is 5.92 Å². The van der Waals surface area contributed by atoms with Crippen LogP contribution in [-0.4, -0.2) is 41.1 Å². The van der Waals surface area contributed by atoms with E-state index in [-0.39, 0.29) is 0 Å². The van der Waals surface area contributed by atoms with Crippen LogP contribution in [0.2, 0.25) is 0 Å². The van der Waals surface area contributed by atoms with Crippen molar-refractivity contribution in [3.8, 4) is 0 Å². The second-order valence-corrected chi connectivity index (χ2v) is 4.18. The molecule has 0 saturated heterocycles. The van der Waals surface area contributed by atoms with Crippen LogP contribution >= 0.6 is 0 Å². The van der Waals surface area contributed by atoms with Gasteiger partial charge in [-0.3, -0.25) is 9.59 Å². The minimum Gasteiger partial charge on any atom is -0.480 e. The van der Waals surface area contributed by atoms with Crippen LogP contribution < -0.4 is 0 Å². The van der Waals surface area contributed by atoms with E-state index in [1.165, 1.54) is 0 Å². The smallest absolute Gasteiger partial charge is 0.406 e. The topological polar surface area (TPSA) is 57.6 Å². The van der Waals surface area contributed by atoms with E-state index in [0.29, 0.717) is 24.2 Å². The molecule has 1 aliphatic carbocycles. The van der Waals surface area contributed by atoms with Crippen molar-refractivity contribution in [2.75, 3.05) is 13.1 Å². The van der Waals surface area contributed by atoms with Gasteiger partial charge in [0.05, 0.1) is 0 Å². The van der Waals surface area contributed by atoms with Crippen molar-refractivity contribution < 1.29 is 27.9 Å². The second-order valence-electron chi connectivity index (χ2n) is 4.18. The molecule has 0 aromatic heterocycles. The SMILES string of the molecule is O=C(O)CN(CC(F)(F)F)C(=O)C1CC=CCC1. The van der Waals surface area contributed by atoms with Gasteiger partial charge in [0.1, 0.15) is 13.1 Å². The van der Waals surface area contributed by atoms with E-state index in [1.807, 2.05) is 6.08 Å². The Hall–Kier alpha value is -1.53. The minimum absolute atomic E-state index is 0.367. The molecule has 1 rings (SSSR count). The Morgan fingerprint density at radius 2 is 2.00 bits per heavy atom. The molecule has 1 aliphatic rings. The molecule has 1 N–H and O–H groups in total. The maximum absolute atomic E-state index is 12.3. The Bertz CT molecular complexity index is 352. The molecule has 0 spiro atoms. The number of hydrogen-bond donors (Lipinski definition) is 1. The van der Waals surface area contributed by atoms with Gasteiger partial charge in [0.25, 0.3) is 0 Å². The van der Waals surface area contributed by atoms with Crippen LogP contribution in [0.1, 0.15) is 19.3 Å². The molecule has 18 heavy (non-hydrogen) atoms. The highest BCUT2D eigenvalue weighted by atomic mass is 19.4. The van der Waals surface area contributed by atoms with E-state index in [4.69, 9.17) is 5.11 Å². The number of allylic oxidation sites excluding steroid dienone is 2. The maximum Gasteiger partial charge on any atom is 0.406 e. The summed E-state index contributed by atoms with van der Waals surface area (Å²) in [5, 5.41) is 8.55. The molecule has 1 atom stereocenters. The van der Waals surface area contributed by atoms with Crippen molar-refractivity contribution in [2.45, 2.75) is 25.4 Å². The van der Waals surface area contributed by atoms with Crippen molar-refractivity contribution in [3.05, 3.63) is 12.2 Å². The van der Waals surface area contributed by atoms with E-state index in [9.17, 15) is 22.8 Å². The van der Waals surface area contributed by atoms with Crippen LogP contribution in [0.4, 0.5) is 13.2 Å². The molecule has 0 saturated carbocycles. The zero-order valence-electron chi connectivity index (χ0n) is 9.61. The molecule has 0 aromatic rings. The van der Waals surface area contributed by atoms with Crippen molar-refractivity contribution in [3.63, 3.8) is 0 Å². The van der Waals surface area contributed by atoms with Gasteiger partial charge in [-0.2, -0.15) is 13.2 Å². The van der Waals surface area contributed by atoms with Crippen molar-refractivity contribution in [1.29, 1.82) is 0 Å². The summed E-state index contributed by atoms with van der Waals surface area (Å²) in [5.41, 5.74) is 0. The number of carbonyl (C=O) groups is 2. The van der Waals surface area contributed by atoms with Crippen LogP contribution in [0, 0.1) is 5.92 Å². The molecular formula is C11H14F3NO3. The Balaban J connectivity index is 2.71. The van der Waals surface area contributed by atoms with Crippen LogP contribution in [0.5, 0.6) is 0 Å². The van der Waals surface area contributed by atoms with Gasteiger partial charge < -0.3 is 10.0 Å². The Kier molecular flexibility index (Phi) is 4.75. The van der Waals surface area contributed by atoms with Gasteiger partial charge in [-0.15, -0.1) is 0 Å². The molecule has 1 amide bonds. The number of carboxylic acids is 1. The number of rotatable bonds is 4. The van der Waals surface area contributed by atoms with Crippen molar-refractivity contribution in [1.82, 2.24) is 4.90 Å².